The van der Waals surface area contributed by atoms with Crippen molar-refractivity contribution in [2.24, 2.45) is 0 Å². The van der Waals surface area contributed by atoms with Crippen molar-refractivity contribution in [1.29, 1.82) is 0 Å². The van der Waals surface area contributed by atoms with Crippen LogP contribution in [0.5, 0.6) is 0 Å². The number of carbonyl (C=O) groups is 1. The van der Waals surface area contributed by atoms with Gasteiger partial charge < -0.3 is 10.4 Å². The molecule has 0 aliphatic heterocycles. The molecule has 0 saturated heterocycles. The Morgan fingerprint density at radius 3 is 2.90 bits per heavy atom. The average Bonchev–Trinajstić information content (AvgIpc) is 2.46. The fraction of sp³-hybridized carbons (Fsp3) is 0.438. The molecule has 0 radical (unpaired) electrons. The Morgan fingerprint density at radius 2 is 2.29 bits per heavy atom. The van der Waals surface area contributed by atoms with Crippen LogP contribution in [0.4, 0.5) is 4.39 Å². The van der Waals surface area contributed by atoms with E-state index in [0.29, 0.717) is 6.42 Å². The van der Waals surface area contributed by atoms with Crippen molar-refractivity contribution in [1.82, 2.24) is 5.32 Å². The van der Waals surface area contributed by atoms with E-state index in [2.05, 4.69) is 24.1 Å². The van der Waals surface area contributed by atoms with E-state index in [9.17, 15) is 9.18 Å². The third-order valence-corrected chi connectivity index (χ3v) is 3.78. The van der Waals surface area contributed by atoms with Crippen LogP contribution >= 0.6 is 11.8 Å². The second-order valence-electron chi connectivity index (χ2n) is 4.50. The van der Waals surface area contributed by atoms with Gasteiger partial charge in [-0.15, -0.1) is 0 Å². The van der Waals surface area contributed by atoms with Crippen LogP contribution in [-0.4, -0.2) is 35.2 Å². The van der Waals surface area contributed by atoms with Gasteiger partial charge in [0.1, 0.15) is 5.82 Å². The molecular weight excluding hydrogens is 289 g/mol. The Balaban J connectivity index is 2.70. The third-order valence-electron chi connectivity index (χ3n) is 2.64. The van der Waals surface area contributed by atoms with E-state index in [4.69, 9.17) is 5.11 Å². The van der Waals surface area contributed by atoms with Crippen LogP contribution in [0.25, 0.3) is 0 Å². The highest BCUT2D eigenvalue weighted by Crippen LogP contribution is 2.10. The summed E-state index contributed by atoms with van der Waals surface area (Å²) in [7, 11) is 0. The normalized spacial score (nSPS) is 11.4. The van der Waals surface area contributed by atoms with Gasteiger partial charge in [0, 0.05) is 23.8 Å². The van der Waals surface area contributed by atoms with Crippen molar-refractivity contribution in [3.8, 4) is 11.8 Å². The minimum absolute atomic E-state index is 0.0366. The lowest BCUT2D eigenvalue weighted by Crippen LogP contribution is -2.34. The number of hydrogen-bond acceptors (Lipinski definition) is 3. The molecule has 0 aromatic heterocycles. The smallest absolute Gasteiger partial charge is 0.251 e. The summed E-state index contributed by atoms with van der Waals surface area (Å²) >= 11 is 1.74. The zero-order valence-electron chi connectivity index (χ0n) is 12.3. The van der Waals surface area contributed by atoms with Gasteiger partial charge in [-0.25, -0.2) is 4.39 Å². The molecule has 1 rings (SSSR count). The second-order valence-corrected chi connectivity index (χ2v) is 5.82. The lowest BCUT2D eigenvalue weighted by molar-refractivity contribution is 0.0943. The maximum absolute atomic E-state index is 13.8. The summed E-state index contributed by atoms with van der Waals surface area (Å²) < 4.78 is 13.8. The molecule has 21 heavy (non-hydrogen) atoms. The van der Waals surface area contributed by atoms with Crippen molar-refractivity contribution in [2.45, 2.75) is 26.3 Å². The van der Waals surface area contributed by atoms with Gasteiger partial charge in [0.05, 0.1) is 12.2 Å². The van der Waals surface area contributed by atoms with Crippen molar-refractivity contribution in [2.75, 3.05) is 18.1 Å². The summed E-state index contributed by atoms with van der Waals surface area (Å²) in [6, 6.07) is 4.27. The first-order chi connectivity index (χ1) is 10.1. The minimum Gasteiger partial charge on any atom is -0.395 e. The molecule has 3 nitrogen and oxygen atoms in total. The molecule has 0 bridgehead atoms. The van der Waals surface area contributed by atoms with E-state index in [0.717, 1.165) is 11.5 Å². The quantitative estimate of drug-likeness (QED) is 0.794. The van der Waals surface area contributed by atoms with Crippen molar-refractivity contribution in [3.63, 3.8) is 0 Å². The van der Waals surface area contributed by atoms with Crippen molar-refractivity contribution < 1.29 is 14.3 Å². The summed E-state index contributed by atoms with van der Waals surface area (Å²) in [5.41, 5.74) is 0.517. The Kier molecular flexibility index (Phi) is 7.88. The third kappa shape index (κ3) is 6.19. The van der Waals surface area contributed by atoms with Gasteiger partial charge in [-0.2, -0.15) is 11.8 Å². The number of thioether (sulfide) groups is 1. The largest absolute Gasteiger partial charge is 0.395 e. The van der Waals surface area contributed by atoms with Crippen LogP contribution in [-0.2, 0) is 0 Å². The molecule has 2 N–H and O–H groups in total. The average molecular weight is 309 g/mol. The molecule has 5 heteroatoms. The van der Waals surface area contributed by atoms with Gasteiger partial charge in [0.2, 0.25) is 0 Å². The molecular formula is C16H20FNO2S. The van der Waals surface area contributed by atoms with Gasteiger partial charge in [-0.05, 0) is 30.9 Å². The van der Waals surface area contributed by atoms with Crippen LogP contribution in [0, 0.1) is 17.7 Å². The first-order valence-electron chi connectivity index (χ1n) is 6.86. The lowest BCUT2D eigenvalue weighted by atomic mass is 10.1. The number of hydrogen-bond donors (Lipinski definition) is 2. The minimum atomic E-state index is -0.524. The number of amides is 1. The summed E-state index contributed by atoms with van der Waals surface area (Å²) in [6.07, 6.45) is 0.300. The Morgan fingerprint density at radius 1 is 1.52 bits per heavy atom. The molecule has 1 atom stereocenters. The Labute approximate surface area is 129 Å². The van der Waals surface area contributed by atoms with Gasteiger partial charge in [-0.1, -0.05) is 18.8 Å². The Bertz CT molecular complexity index is 537. The van der Waals surface area contributed by atoms with Gasteiger partial charge in [0.25, 0.3) is 5.91 Å². The summed E-state index contributed by atoms with van der Waals surface area (Å²) in [6.45, 7) is 3.93. The summed E-state index contributed by atoms with van der Waals surface area (Å²) in [5.74, 6) is 6.30. The van der Waals surface area contributed by atoms with Gasteiger partial charge in [-0.3, -0.25) is 4.79 Å². The zero-order valence-corrected chi connectivity index (χ0v) is 13.1. The number of carbonyl (C=O) groups excluding carboxylic acids is 1. The first-order valence-corrected chi connectivity index (χ1v) is 8.01. The molecule has 0 saturated carbocycles. The molecule has 0 heterocycles. The lowest BCUT2D eigenvalue weighted by Gasteiger charge is -2.13. The van der Waals surface area contributed by atoms with E-state index < -0.39 is 5.82 Å². The monoisotopic (exact) mass is 309 g/mol. The van der Waals surface area contributed by atoms with Crippen LogP contribution in [0.2, 0.25) is 0 Å². The molecule has 0 fully saturated rings. The van der Waals surface area contributed by atoms with E-state index in [-0.39, 0.29) is 29.7 Å². The predicted octanol–water partition coefficient (Wildman–Crippen LogP) is 2.43. The standard InChI is InChI=1S/C16H20FNO2S/c1-3-21-11-12(2)18-16(20)14-8-7-13(15(17)10-14)6-4-5-9-19/h7-8,10,12,19H,3,5,9,11H2,1-2H3,(H,18,20). The van der Waals surface area contributed by atoms with Gasteiger partial charge >= 0.3 is 0 Å². The van der Waals surface area contributed by atoms with Crippen LogP contribution in [0.1, 0.15) is 36.2 Å². The maximum Gasteiger partial charge on any atom is 0.251 e. The molecule has 114 valence electrons. The molecule has 0 aliphatic rings. The van der Waals surface area contributed by atoms with Crippen LogP contribution < -0.4 is 5.32 Å². The van der Waals surface area contributed by atoms with Crippen molar-refractivity contribution in [3.05, 3.63) is 35.1 Å². The van der Waals surface area contributed by atoms with Crippen molar-refractivity contribution >= 4 is 17.7 Å². The number of aliphatic hydroxyl groups is 1. The van der Waals surface area contributed by atoms with E-state index in [1.54, 1.807) is 17.8 Å². The molecule has 0 aliphatic carbocycles. The highest BCUT2D eigenvalue weighted by molar-refractivity contribution is 7.99. The summed E-state index contributed by atoms with van der Waals surface area (Å²) in [4.78, 5) is 12.0. The molecule has 0 spiro atoms. The summed E-state index contributed by atoms with van der Waals surface area (Å²) in [5, 5.41) is 11.5. The number of nitrogens with one attached hydrogen (secondary N) is 1. The molecule has 1 unspecified atom stereocenters. The SMILES string of the molecule is CCSCC(C)NC(=O)c1ccc(C#CCCO)c(F)c1. The van der Waals surface area contributed by atoms with E-state index in [1.807, 2.05) is 6.92 Å². The second kappa shape index (κ2) is 9.43. The number of halogens is 1. The Hall–Kier alpha value is -1.51. The number of benzene rings is 1. The topological polar surface area (TPSA) is 49.3 Å². The van der Waals surface area contributed by atoms with Crippen LogP contribution in [0.3, 0.4) is 0 Å². The van der Waals surface area contributed by atoms with Gasteiger partial charge in [0.15, 0.2) is 0 Å². The molecule has 1 aromatic carbocycles. The maximum atomic E-state index is 13.8. The van der Waals surface area contributed by atoms with E-state index >= 15 is 0 Å². The fourth-order valence-electron chi connectivity index (χ4n) is 1.61. The zero-order chi connectivity index (χ0) is 15.7. The van der Waals surface area contributed by atoms with E-state index in [1.165, 1.54) is 12.1 Å². The highest BCUT2D eigenvalue weighted by atomic mass is 32.2. The number of rotatable bonds is 6. The first kappa shape index (κ1) is 17.5. The number of aliphatic hydroxyl groups excluding tert-OH is 1. The highest BCUT2D eigenvalue weighted by Gasteiger charge is 2.11. The fourth-order valence-corrected chi connectivity index (χ4v) is 2.29. The predicted molar refractivity (Wildman–Crippen MR) is 84.9 cm³/mol. The molecule has 1 aromatic rings. The van der Waals surface area contributed by atoms with Crippen LogP contribution in [0.15, 0.2) is 18.2 Å². The molecule has 1 amide bonds.